The first-order valence-electron chi connectivity index (χ1n) is 6.16. The van der Waals surface area contributed by atoms with Crippen LogP contribution in [-0.2, 0) is 13.5 Å². The fraction of sp³-hybridized carbons (Fsp3) is 0.357. The molecule has 1 aromatic heterocycles. The lowest BCUT2D eigenvalue weighted by molar-refractivity contribution is 0.245. The molecule has 2 aromatic rings. The molecule has 1 aromatic carbocycles. The zero-order chi connectivity index (χ0) is 12.8. The summed E-state index contributed by atoms with van der Waals surface area (Å²) in [4.78, 5) is 4.27. The van der Waals surface area contributed by atoms with Crippen molar-refractivity contribution < 1.29 is 5.11 Å². The Balaban J connectivity index is 1.87. The Labute approximate surface area is 107 Å². The highest BCUT2D eigenvalue weighted by molar-refractivity contribution is 5.18. The van der Waals surface area contributed by atoms with Crippen molar-refractivity contribution in [2.45, 2.75) is 12.5 Å². The molecular formula is C14H19N3O. The molecule has 0 aliphatic heterocycles. The molecule has 0 saturated carbocycles. The van der Waals surface area contributed by atoms with Crippen LogP contribution in [0.3, 0.4) is 0 Å². The van der Waals surface area contributed by atoms with Crippen molar-refractivity contribution in [3.63, 3.8) is 0 Å². The monoisotopic (exact) mass is 245 g/mol. The molecule has 1 heterocycles. The zero-order valence-electron chi connectivity index (χ0n) is 10.6. The van der Waals surface area contributed by atoms with Crippen LogP contribution in [-0.4, -0.2) is 27.8 Å². The summed E-state index contributed by atoms with van der Waals surface area (Å²) < 4.78 is 2.01. The van der Waals surface area contributed by atoms with Crippen LogP contribution in [0.2, 0.25) is 0 Å². The summed E-state index contributed by atoms with van der Waals surface area (Å²) in [7, 11) is 1.99. The van der Waals surface area contributed by atoms with E-state index in [4.69, 9.17) is 0 Å². The minimum atomic E-state index is -0.00790. The molecule has 2 N–H and O–H groups in total. The minimum Gasteiger partial charge on any atom is -0.394 e. The summed E-state index contributed by atoms with van der Waals surface area (Å²) in [5.74, 6) is 1.05. The number of hydrogen-bond donors (Lipinski definition) is 2. The number of aromatic nitrogens is 2. The van der Waals surface area contributed by atoms with Crippen LogP contribution in [0.25, 0.3) is 0 Å². The molecule has 4 heteroatoms. The van der Waals surface area contributed by atoms with E-state index in [2.05, 4.69) is 10.3 Å². The lowest BCUT2D eigenvalue weighted by Crippen LogP contribution is -2.27. The van der Waals surface area contributed by atoms with Crippen molar-refractivity contribution >= 4 is 0 Å². The molecule has 1 atom stereocenters. The smallest absolute Gasteiger partial charge is 0.109 e. The first kappa shape index (κ1) is 12.8. The molecule has 1 unspecified atom stereocenters. The Morgan fingerprint density at radius 3 is 2.72 bits per heavy atom. The normalized spacial score (nSPS) is 12.6. The van der Waals surface area contributed by atoms with E-state index in [9.17, 15) is 5.11 Å². The largest absolute Gasteiger partial charge is 0.394 e. The molecule has 2 rings (SSSR count). The molecular weight excluding hydrogens is 226 g/mol. The second-order valence-electron chi connectivity index (χ2n) is 4.30. The van der Waals surface area contributed by atoms with Gasteiger partial charge in [-0.2, -0.15) is 0 Å². The number of aryl methyl sites for hydroxylation is 1. The Morgan fingerprint density at radius 2 is 2.11 bits per heavy atom. The molecule has 0 spiro atoms. The summed E-state index contributed by atoms with van der Waals surface area (Å²) >= 11 is 0. The number of benzene rings is 1. The zero-order valence-corrected chi connectivity index (χ0v) is 10.6. The van der Waals surface area contributed by atoms with Crippen LogP contribution < -0.4 is 5.32 Å². The first-order valence-corrected chi connectivity index (χ1v) is 6.16. The van der Waals surface area contributed by atoms with Crippen LogP contribution in [0, 0.1) is 0 Å². The van der Waals surface area contributed by atoms with Crippen molar-refractivity contribution in [1.82, 2.24) is 14.9 Å². The van der Waals surface area contributed by atoms with Crippen LogP contribution in [0.5, 0.6) is 0 Å². The van der Waals surface area contributed by atoms with Crippen molar-refractivity contribution in [2.24, 2.45) is 7.05 Å². The maximum absolute atomic E-state index is 9.41. The molecule has 96 valence electrons. The lowest BCUT2D eigenvalue weighted by Gasteiger charge is -2.16. The summed E-state index contributed by atoms with van der Waals surface area (Å²) in [5, 5.41) is 12.8. The lowest BCUT2D eigenvalue weighted by atomic mass is 10.1. The van der Waals surface area contributed by atoms with Gasteiger partial charge in [-0.25, -0.2) is 4.98 Å². The summed E-state index contributed by atoms with van der Waals surface area (Å²) in [6.45, 7) is 0.898. The molecule has 4 nitrogen and oxygen atoms in total. The number of rotatable bonds is 6. The molecule has 0 radical (unpaired) electrons. The van der Waals surface area contributed by atoms with E-state index in [0.717, 1.165) is 24.4 Å². The van der Waals surface area contributed by atoms with Crippen molar-refractivity contribution in [3.05, 3.63) is 54.1 Å². The van der Waals surface area contributed by atoms with Crippen LogP contribution in [0.15, 0.2) is 42.7 Å². The van der Waals surface area contributed by atoms with Gasteiger partial charge in [0.15, 0.2) is 0 Å². The third-order valence-corrected chi connectivity index (χ3v) is 3.04. The number of aliphatic hydroxyl groups is 1. The highest BCUT2D eigenvalue weighted by atomic mass is 16.3. The Bertz CT molecular complexity index is 467. The predicted octanol–water partition coefficient (Wildman–Crippen LogP) is 1.29. The topological polar surface area (TPSA) is 50.1 Å². The molecule has 0 aliphatic carbocycles. The van der Waals surface area contributed by atoms with E-state index in [1.54, 1.807) is 6.20 Å². The van der Waals surface area contributed by atoms with Crippen LogP contribution in [0.4, 0.5) is 0 Å². The van der Waals surface area contributed by atoms with Gasteiger partial charge in [-0.3, -0.25) is 0 Å². The minimum absolute atomic E-state index is 0.00790. The molecule has 18 heavy (non-hydrogen) atoms. The fourth-order valence-electron chi connectivity index (χ4n) is 1.97. The number of aliphatic hydroxyl groups excluding tert-OH is 1. The van der Waals surface area contributed by atoms with E-state index in [1.807, 2.05) is 48.1 Å². The number of nitrogens with zero attached hydrogens (tertiary/aromatic N) is 2. The predicted molar refractivity (Wildman–Crippen MR) is 71.2 cm³/mol. The van der Waals surface area contributed by atoms with Gasteiger partial charge in [0.25, 0.3) is 0 Å². The number of nitrogens with one attached hydrogen (secondary N) is 1. The molecule has 0 bridgehead atoms. The number of imidazole rings is 1. The van der Waals surface area contributed by atoms with Gasteiger partial charge in [-0.05, 0) is 5.56 Å². The van der Waals surface area contributed by atoms with Gasteiger partial charge in [0.2, 0.25) is 0 Å². The van der Waals surface area contributed by atoms with E-state index in [0.29, 0.717) is 0 Å². The fourth-order valence-corrected chi connectivity index (χ4v) is 1.97. The van der Waals surface area contributed by atoms with Gasteiger partial charge in [-0.15, -0.1) is 0 Å². The SMILES string of the molecule is Cn1ccnc1CCNC(CO)c1ccccc1. The molecule has 0 fully saturated rings. The summed E-state index contributed by atoms with van der Waals surface area (Å²) in [6.07, 6.45) is 4.60. The van der Waals surface area contributed by atoms with Crippen molar-refractivity contribution in [2.75, 3.05) is 13.2 Å². The van der Waals surface area contributed by atoms with Crippen molar-refractivity contribution in [3.8, 4) is 0 Å². The van der Waals surface area contributed by atoms with E-state index in [-0.39, 0.29) is 12.6 Å². The number of hydrogen-bond acceptors (Lipinski definition) is 3. The second-order valence-corrected chi connectivity index (χ2v) is 4.30. The van der Waals surface area contributed by atoms with Gasteiger partial charge in [0.05, 0.1) is 12.6 Å². The quantitative estimate of drug-likeness (QED) is 0.806. The summed E-state index contributed by atoms with van der Waals surface area (Å²) in [6, 6.07) is 9.98. The maximum Gasteiger partial charge on any atom is 0.109 e. The first-order chi connectivity index (χ1) is 8.81. The van der Waals surface area contributed by atoms with E-state index >= 15 is 0 Å². The van der Waals surface area contributed by atoms with Crippen LogP contribution in [0.1, 0.15) is 17.4 Å². The summed E-state index contributed by atoms with van der Waals surface area (Å²) in [5.41, 5.74) is 1.11. The Kier molecular flexibility index (Phi) is 4.50. The average Bonchev–Trinajstić information content (AvgIpc) is 2.81. The van der Waals surface area contributed by atoms with E-state index in [1.165, 1.54) is 0 Å². The van der Waals surface area contributed by atoms with Gasteiger partial charge < -0.3 is 15.0 Å². The second kappa shape index (κ2) is 6.33. The van der Waals surface area contributed by atoms with Gasteiger partial charge in [-0.1, -0.05) is 30.3 Å². The maximum atomic E-state index is 9.41. The highest BCUT2D eigenvalue weighted by Gasteiger charge is 2.09. The van der Waals surface area contributed by atoms with Gasteiger partial charge in [0.1, 0.15) is 5.82 Å². The molecule has 0 amide bonds. The third-order valence-electron chi connectivity index (χ3n) is 3.04. The Hall–Kier alpha value is -1.65. The van der Waals surface area contributed by atoms with Crippen molar-refractivity contribution in [1.29, 1.82) is 0 Å². The van der Waals surface area contributed by atoms with Gasteiger partial charge in [0, 0.05) is 32.4 Å². The van der Waals surface area contributed by atoms with E-state index < -0.39 is 0 Å². The molecule has 0 saturated heterocycles. The van der Waals surface area contributed by atoms with Crippen LogP contribution >= 0.6 is 0 Å². The molecule has 0 aliphatic rings. The Morgan fingerprint density at radius 1 is 1.33 bits per heavy atom. The standard InChI is InChI=1S/C14H19N3O/c1-17-10-9-16-14(17)7-8-15-13(11-18)12-5-3-2-4-6-12/h2-6,9-10,13,15,18H,7-8,11H2,1H3. The third kappa shape index (κ3) is 3.18. The highest BCUT2D eigenvalue weighted by Crippen LogP contribution is 2.11. The average molecular weight is 245 g/mol. The van der Waals surface area contributed by atoms with Gasteiger partial charge >= 0.3 is 0 Å².